The number of carbonyl (C=O) groups is 2. The van der Waals surface area contributed by atoms with Crippen LogP contribution >= 0.6 is 0 Å². The molecule has 0 rings (SSSR count). The molecular formula is C11H17NO4. The van der Waals surface area contributed by atoms with Crippen LogP contribution in [0.5, 0.6) is 0 Å². The van der Waals surface area contributed by atoms with Gasteiger partial charge >= 0.3 is 11.9 Å². The summed E-state index contributed by atoms with van der Waals surface area (Å²) < 4.78 is 9.51. The van der Waals surface area contributed by atoms with Gasteiger partial charge in [0.15, 0.2) is 0 Å². The summed E-state index contributed by atoms with van der Waals surface area (Å²) in [7, 11) is 0. The van der Waals surface area contributed by atoms with Crippen molar-refractivity contribution < 1.29 is 19.1 Å². The first-order valence-corrected chi connectivity index (χ1v) is 5.28. The molecule has 0 heterocycles. The van der Waals surface area contributed by atoms with Crippen LogP contribution in [0.2, 0.25) is 0 Å². The van der Waals surface area contributed by atoms with Crippen LogP contribution < -0.4 is 0 Å². The van der Waals surface area contributed by atoms with Gasteiger partial charge in [0.05, 0.1) is 37.5 Å². The van der Waals surface area contributed by atoms with E-state index in [9.17, 15) is 9.59 Å². The van der Waals surface area contributed by atoms with Gasteiger partial charge < -0.3 is 9.47 Å². The van der Waals surface area contributed by atoms with Gasteiger partial charge in [0.25, 0.3) is 0 Å². The molecule has 0 radical (unpaired) electrons. The highest BCUT2D eigenvalue weighted by Gasteiger charge is 2.27. The molecule has 0 fully saturated rings. The van der Waals surface area contributed by atoms with E-state index in [0.717, 1.165) is 0 Å². The molecule has 90 valence electrons. The molecule has 0 aliphatic rings. The Morgan fingerprint density at radius 2 is 1.81 bits per heavy atom. The van der Waals surface area contributed by atoms with Crippen LogP contribution in [0, 0.1) is 23.2 Å². The standard InChI is InChI=1S/C11H17NO4/c1-4-15-10(13)6-9(7-12)8(3)11(14)16-5-2/h8-9H,4-6H2,1-3H3/t8-,9+/m1/s1. The molecule has 0 aromatic carbocycles. The second-order valence-electron chi connectivity index (χ2n) is 3.29. The quantitative estimate of drug-likeness (QED) is 0.639. The Bertz CT molecular complexity index is 282. The average molecular weight is 227 g/mol. The molecule has 0 unspecified atom stereocenters. The van der Waals surface area contributed by atoms with E-state index in [4.69, 9.17) is 14.7 Å². The lowest BCUT2D eigenvalue weighted by Gasteiger charge is -2.15. The summed E-state index contributed by atoms with van der Waals surface area (Å²) in [6.45, 7) is 5.49. The van der Waals surface area contributed by atoms with Crippen molar-refractivity contribution in [3.05, 3.63) is 0 Å². The van der Waals surface area contributed by atoms with Crippen molar-refractivity contribution in [1.82, 2.24) is 0 Å². The minimum atomic E-state index is -0.696. The summed E-state index contributed by atoms with van der Waals surface area (Å²) in [5.41, 5.74) is 0. The number of hydrogen-bond donors (Lipinski definition) is 0. The zero-order chi connectivity index (χ0) is 12.6. The van der Waals surface area contributed by atoms with Gasteiger partial charge in [0.2, 0.25) is 0 Å². The van der Waals surface area contributed by atoms with Crippen LogP contribution in [0.3, 0.4) is 0 Å². The predicted molar refractivity (Wildman–Crippen MR) is 56.2 cm³/mol. The SMILES string of the molecule is CCOC(=O)C[C@@H](C#N)[C@@H](C)C(=O)OCC. The Morgan fingerprint density at radius 1 is 1.25 bits per heavy atom. The second-order valence-corrected chi connectivity index (χ2v) is 3.29. The van der Waals surface area contributed by atoms with E-state index in [1.54, 1.807) is 20.8 Å². The van der Waals surface area contributed by atoms with Crippen molar-refractivity contribution in [2.24, 2.45) is 11.8 Å². The molecule has 0 aliphatic heterocycles. The smallest absolute Gasteiger partial charge is 0.309 e. The van der Waals surface area contributed by atoms with Crippen molar-refractivity contribution >= 4 is 11.9 Å². The first kappa shape index (κ1) is 14.4. The number of nitriles is 1. The molecule has 0 saturated heterocycles. The van der Waals surface area contributed by atoms with Gasteiger partial charge in [-0.2, -0.15) is 5.26 Å². The van der Waals surface area contributed by atoms with Gasteiger partial charge in [-0.15, -0.1) is 0 Å². The Balaban J connectivity index is 4.33. The molecule has 0 bridgehead atoms. The third-order valence-electron chi connectivity index (χ3n) is 2.12. The van der Waals surface area contributed by atoms with E-state index in [1.807, 2.05) is 6.07 Å². The highest BCUT2D eigenvalue weighted by molar-refractivity contribution is 5.75. The summed E-state index contributed by atoms with van der Waals surface area (Å²) in [6, 6.07) is 1.93. The van der Waals surface area contributed by atoms with Crippen molar-refractivity contribution in [1.29, 1.82) is 5.26 Å². The molecule has 16 heavy (non-hydrogen) atoms. The number of ether oxygens (including phenoxy) is 2. The normalized spacial score (nSPS) is 13.4. The van der Waals surface area contributed by atoms with Crippen molar-refractivity contribution in [3.8, 4) is 6.07 Å². The van der Waals surface area contributed by atoms with E-state index in [0.29, 0.717) is 0 Å². The first-order valence-electron chi connectivity index (χ1n) is 5.28. The zero-order valence-electron chi connectivity index (χ0n) is 9.86. The predicted octanol–water partition coefficient (Wildman–Crippen LogP) is 1.28. The van der Waals surface area contributed by atoms with Gasteiger partial charge in [-0.25, -0.2) is 0 Å². The molecule has 0 N–H and O–H groups in total. The van der Waals surface area contributed by atoms with Gasteiger partial charge in [-0.3, -0.25) is 9.59 Å². The largest absolute Gasteiger partial charge is 0.466 e. The molecule has 5 nitrogen and oxygen atoms in total. The third-order valence-corrected chi connectivity index (χ3v) is 2.12. The molecule has 0 aromatic heterocycles. The summed E-state index contributed by atoms with van der Waals surface area (Å²) in [4.78, 5) is 22.5. The lowest BCUT2D eigenvalue weighted by atomic mass is 9.92. The average Bonchev–Trinajstić information content (AvgIpc) is 2.25. The monoisotopic (exact) mass is 227 g/mol. The zero-order valence-corrected chi connectivity index (χ0v) is 9.86. The topological polar surface area (TPSA) is 76.4 Å². The molecule has 0 spiro atoms. The maximum atomic E-state index is 11.4. The number of esters is 2. The van der Waals surface area contributed by atoms with Crippen LogP contribution in [0.25, 0.3) is 0 Å². The van der Waals surface area contributed by atoms with Gasteiger partial charge in [-0.05, 0) is 13.8 Å². The maximum Gasteiger partial charge on any atom is 0.309 e. The van der Waals surface area contributed by atoms with Crippen LogP contribution in [0.15, 0.2) is 0 Å². The molecule has 0 saturated carbocycles. The molecule has 0 aromatic rings. The fourth-order valence-electron chi connectivity index (χ4n) is 1.17. The van der Waals surface area contributed by atoms with Crippen molar-refractivity contribution in [2.75, 3.05) is 13.2 Å². The van der Waals surface area contributed by atoms with Gasteiger partial charge in [0.1, 0.15) is 0 Å². The Labute approximate surface area is 95.3 Å². The Hall–Kier alpha value is -1.57. The van der Waals surface area contributed by atoms with E-state index in [2.05, 4.69) is 0 Å². The molecule has 2 atom stereocenters. The fourth-order valence-corrected chi connectivity index (χ4v) is 1.17. The summed E-state index contributed by atoms with van der Waals surface area (Å²) in [5, 5.41) is 8.87. The minimum absolute atomic E-state index is 0.0790. The Kier molecular flexibility index (Phi) is 6.93. The first-order chi connectivity index (χ1) is 7.56. The third kappa shape index (κ3) is 4.78. The molecule has 0 amide bonds. The highest BCUT2D eigenvalue weighted by atomic mass is 16.5. The molecule has 0 aliphatic carbocycles. The summed E-state index contributed by atoms with van der Waals surface area (Å²) in [5.74, 6) is -2.24. The van der Waals surface area contributed by atoms with E-state index < -0.39 is 23.8 Å². The lowest BCUT2D eigenvalue weighted by molar-refractivity contribution is -0.150. The van der Waals surface area contributed by atoms with Crippen molar-refractivity contribution in [3.63, 3.8) is 0 Å². The summed E-state index contributed by atoms with van der Waals surface area (Å²) >= 11 is 0. The number of carbonyl (C=O) groups excluding carboxylic acids is 2. The molecule has 5 heteroatoms. The summed E-state index contributed by atoms with van der Waals surface area (Å²) in [6.07, 6.45) is -0.0790. The lowest BCUT2D eigenvalue weighted by Crippen LogP contribution is -2.25. The van der Waals surface area contributed by atoms with Crippen LogP contribution in [0.1, 0.15) is 27.2 Å². The second kappa shape index (κ2) is 7.69. The van der Waals surface area contributed by atoms with E-state index in [-0.39, 0.29) is 19.6 Å². The van der Waals surface area contributed by atoms with Crippen LogP contribution in [-0.4, -0.2) is 25.2 Å². The van der Waals surface area contributed by atoms with E-state index in [1.165, 1.54) is 0 Å². The fraction of sp³-hybridized carbons (Fsp3) is 0.727. The maximum absolute atomic E-state index is 11.4. The van der Waals surface area contributed by atoms with Crippen LogP contribution in [0.4, 0.5) is 0 Å². The Morgan fingerprint density at radius 3 is 2.25 bits per heavy atom. The van der Waals surface area contributed by atoms with E-state index >= 15 is 0 Å². The van der Waals surface area contributed by atoms with Gasteiger partial charge in [0, 0.05) is 0 Å². The highest BCUT2D eigenvalue weighted by Crippen LogP contribution is 2.17. The van der Waals surface area contributed by atoms with Gasteiger partial charge in [-0.1, -0.05) is 6.92 Å². The number of hydrogen-bond acceptors (Lipinski definition) is 5. The minimum Gasteiger partial charge on any atom is -0.466 e. The number of nitrogens with zero attached hydrogens (tertiary/aromatic N) is 1. The number of rotatable bonds is 6. The van der Waals surface area contributed by atoms with Crippen LogP contribution in [-0.2, 0) is 19.1 Å². The van der Waals surface area contributed by atoms with Crippen molar-refractivity contribution in [2.45, 2.75) is 27.2 Å². The molecular weight excluding hydrogens is 210 g/mol.